The van der Waals surface area contributed by atoms with Crippen molar-refractivity contribution in [3.8, 4) is 0 Å². The Morgan fingerprint density at radius 2 is 1.75 bits per heavy atom. The van der Waals surface area contributed by atoms with Crippen LogP contribution in [0.5, 0.6) is 0 Å². The van der Waals surface area contributed by atoms with E-state index in [-0.39, 0.29) is 0 Å². The fourth-order valence-corrected chi connectivity index (χ4v) is 7.40. The van der Waals surface area contributed by atoms with Gasteiger partial charge in [-0.15, -0.1) is 11.3 Å². The Bertz CT molecular complexity index is 462. The molecule has 1 N–H and O–H groups in total. The molecule has 5 rings (SSSR count). The van der Waals surface area contributed by atoms with Gasteiger partial charge in [-0.3, -0.25) is 0 Å². The van der Waals surface area contributed by atoms with Gasteiger partial charge in [-0.25, -0.2) is 0 Å². The molecule has 4 aliphatic rings. The summed E-state index contributed by atoms with van der Waals surface area (Å²) in [5, 5.41) is 3.68. The van der Waals surface area contributed by atoms with E-state index in [4.69, 9.17) is 0 Å². The smallest absolute Gasteiger partial charge is 0.0446 e. The van der Waals surface area contributed by atoms with Crippen LogP contribution in [0.3, 0.4) is 0 Å². The van der Waals surface area contributed by atoms with Crippen molar-refractivity contribution in [2.75, 3.05) is 7.05 Å². The SMILES string of the molecule is CNC(c1cc(Br)c(C)s1)C1C2CC3CC(C2)CC1C3. The van der Waals surface area contributed by atoms with E-state index in [9.17, 15) is 0 Å². The number of hydrogen-bond acceptors (Lipinski definition) is 2. The van der Waals surface area contributed by atoms with Crippen molar-refractivity contribution in [1.29, 1.82) is 0 Å². The first kappa shape index (κ1) is 13.8. The van der Waals surface area contributed by atoms with E-state index in [0.29, 0.717) is 6.04 Å². The highest BCUT2D eigenvalue weighted by molar-refractivity contribution is 9.10. The first-order chi connectivity index (χ1) is 9.65. The molecule has 0 saturated heterocycles. The van der Waals surface area contributed by atoms with Crippen LogP contribution in [-0.2, 0) is 0 Å². The molecular weight excluding hydrogens is 330 g/mol. The third-order valence-electron chi connectivity index (χ3n) is 6.18. The Morgan fingerprint density at radius 3 is 2.20 bits per heavy atom. The van der Waals surface area contributed by atoms with Crippen molar-refractivity contribution in [3.63, 3.8) is 0 Å². The van der Waals surface area contributed by atoms with E-state index in [1.54, 1.807) is 11.3 Å². The summed E-state index contributed by atoms with van der Waals surface area (Å²) in [5.41, 5.74) is 0. The molecule has 1 aromatic heterocycles. The zero-order valence-corrected chi connectivity index (χ0v) is 14.8. The second-order valence-corrected chi connectivity index (χ2v) is 9.47. The lowest BCUT2D eigenvalue weighted by Gasteiger charge is -2.56. The zero-order chi connectivity index (χ0) is 13.9. The van der Waals surface area contributed by atoms with Crippen molar-refractivity contribution >= 4 is 27.3 Å². The first-order valence-electron chi connectivity index (χ1n) is 8.08. The Labute approximate surface area is 134 Å². The molecule has 1 aromatic rings. The Kier molecular flexibility index (Phi) is 3.51. The fraction of sp³-hybridized carbons (Fsp3) is 0.765. The predicted octanol–water partition coefficient (Wildman–Crippen LogP) is 5.15. The summed E-state index contributed by atoms with van der Waals surface area (Å²) in [6.45, 7) is 2.22. The van der Waals surface area contributed by atoms with Gasteiger partial charge in [0, 0.05) is 20.3 Å². The monoisotopic (exact) mass is 353 g/mol. The number of hydrogen-bond donors (Lipinski definition) is 1. The highest BCUT2D eigenvalue weighted by Gasteiger charge is 2.50. The topological polar surface area (TPSA) is 12.0 Å². The molecule has 4 fully saturated rings. The summed E-state index contributed by atoms with van der Waals surface area (Å²) >= 11 is 5.68. The summed E-state index contributed by atoms with van der Waals surface area (Å²) in [7, 11) is 2.17. The summed E-state index contributed by atoms with van der Waals surface area (Å²) in [6, 6.07) is 2.95. The van der Waals surface area contributed by atoms with Gasteiger partial charge in [0.25, 0.3) is 0 Å². The van der Waals surface area contributed by atoms with Crippen LogP contribution in [0.1, 0.15) is 47.9 Å². The molecule has 110 valence electrons. The van der Waals surface area contributed by atoms with Crippen LogP contribution in [0.15, 0.2) is 10.5 Å². The third kappa shape index (κ3) is 2.12. The van der Waals surface area contributed by atoms with Gasteiger partial charge in [0.1, 0.15) is 0 Å². The molecular formula is C17H24BrNS. The lowest BCUT2D eigenvalue weighted by molar-refractivity contribution is -0.0510. The quantitative estimate of drug-likeness (QED) is 0.791. The molecule has 0 radical (unpaired) electrons. The molecule has 1 nitrogen and oxygen atoms in total. The molecule has 1 atom stereocenters. The zero-order valence-electron chi connectivity index (χ0n) is 12.4. The van der Waals surface area contributed by atoms with E-state index in [1.807, 2.05) is 11.3 Å². The lowest BCUT2D eigenvalue weighted by atomic mass is 9.50. The van der Waals surface area contributed by atoms with E-state index < -0.39 is 0 Å². The van der Waals surface area contributed by atoms with Crippen LogP contribution < -0.4 is 5.32 Å². The molecule has 0 aliphatic heterocycles. The van der Waals surface area contributed by atoms with E-state index in [1.165, 1.54) is 35.0 Å². The number of halogens is 1. The molecule has 1 heterocycles. The number of nitrogens with one attached hydrogen (secondary N) is 1. The van der Waals surface area contributed by atoms with Gasteiger partial charge in [-0.05, 0) is 97.7 Å². The average Bonchev–Trinajstić information content (AvgIpc) is 2.72. The van der Waals surface area contributed by atoms with Crippen molar-refractivity contribution in [3.05, 3.63) is 20.3 Å². The fourth-order valence-electron chi connectivity index (χ4n) is 5.67. The molecule has 4 saturated carbocycles. The number of aryl methyl sites for hydroxylation is 1. The molecule has 20 heavy (non-hydrogen) atoms. The summed E-state index contributed by atoms with van der Waals surface area (Å²) in [6.07, 6.45) is 7.61. The maximum atomic E-state index is 3.70. The van der Waals surface area contributed by atoms with Gasteiger partial charge in [0.05, 0.1) is 0 Å². The Hall–Kier alpha value is 0.140. The third-order valence-corrected chi connectivity index (χ3v) is 8.40. The van der Waals surface area contributed by atoms with Gasteiger partial charge in [0.15, 0.2) is 0 Å². The van der Waals surface area contributed by atoms with Crippen molar-refractivity contribution in [2.45, 2.75) is 45.1 Å². The molecule has 4 aliphatic carbocycles. The maximum absolute atomic E-state index is 3.70. The predicted molar refractivity (Wildman–Crippen MR) is 89.1 cm³/mol. The first-order valence-corrected chi connectivity index (χ1v) is 9.69. The molecule has 1 unspecified atom stereocenters. The highest BCUT2D eigenvalue weighted by Crippen LogP contribution is 2.59. The Balaban J connectivity index is 1.64. The largest absolute Gasteiger partial charge is 0.312 e. The van der Waals surface area contributed by atoms with E-state index in [0.717, 1.165) is 29.6 Å². The molecule has 4 bridgehead atoms. The van der Waals surface area contributed by atoms with Gasteiger partial charge < -0.3 is 5.32 Å². The van der Waals surface area contributed by atoms with E-state index >= 15 is 0 Å². The lowest BCUT2D eigenvalue weighted by Crippen LogP contribution is -2.49. The number of thiophene rings is 1. The normalized spacial score (nSPS) is 40.2. The second kappa shape index (κ2) is 5.10. The average molecular weight is 354 g/mol. The van der Waals surface area contributed by atoms with Crippen LogP contribution in [0.4, 0.5) is 0 Å². The summed E-state index contributed by atoms with van der Waals surface area (Å²) < 4.78 is 1.29. The maximum Gasteiger partial charge on any atom is 0.0446 e. The molecule has 0 amide bonds. The van der Waals surface area contributed by atoms with Gasteiger partial charge in [-0.1, -0.05) is 0 Å². The molecule has 3 heteroatoms. The minimum atomic E-state index is 0.583. The van der Waals surface area contributed by atoms with Crippen molar-refractivity contribution < 1.29 is 0 Å². The summed E-state index contributed by atoms with van der Waals surface area (Å²) in [5.74, 6) is 5.01. The molecule has 0 spiro atoms. The van der Waals surface area contributed by atoms with Crippen LogP contribution in [-0.4, -0.2) is 7.05 Å². The van der Waals surface area contributed by atoms with Gasteiger partial charge in [0.2, 0.25) is 0 Å². The van der Waals surface area contributed by atoms with Crippen molar-refractivity contribution in [1.82, 2.24) is 5.32 Å². The van der Waals surface area contributed by atoms with Crippen LogP contribution in [0.25, 0.3) is 0 Å². The van der Waals surface area contributed by atoms with Crippen LogP contribution >= 0.6 is 27.3 Å². The second-order valence-electron chi connectivity index (χ2n) is 7.33. The standard InChI is InChI=1S/C17H24BrNS/c1-9-14(18)8-15(20-9)17(19-2)16-12-4-10-3-11(6-12)7-13(16)5-10/h8,10-13,16-17,19H,3-7H2,1-2H3. The summed E-state index contributed by atoms with van der Waals surface area (Å²) in [4.78, 5) is 2.97. The van der Waals surface area contributed by atoms with Crippen LogP contribution in [0, 0.1) is 36.5 Å². The van der Waals surface area contributed by atoms with E-state index in [2.05, 4.69) is 41.3 Å². The number of rotatable bonds is 3. The highest BCUT2D eigenvalue weighted by atomic mass is 79.9. The Morgan fingerprint density at radius 1 is 1.15 bits per heavy atom. The minimum absolute atomic E-state index is 0.583. The minimum Gasteiger partial charge on any atom is -0.312 e. The van der Waals surface area contributed by atoms with Crippen molar-refractivity contribution in [2.24, 2.45) is 29.6 Å². The van der Waals surface area contributed by atoms with Gasteiger partial charge in [-0.2, -0.15) is 0 Å². The van der Waals surface area contributed by atoms with Gasteiger partial charge >= 0.3 is 0 Å². The van der Waals surface area contributed by atoms with Crippen LogP contribution in [0.2, 0.25) is 0 Å². The molecule has 0 aromatic carbocycles.